The highest BCUT2D eigenvalue weighted by Gasteiger charge is 2.51. The molecule has 8 nitrogen and oxygen atoms in total. The Balaban J connectivity index is 1.54. The number of fused-ring (bicyclic) bond motifs is 1. The first kappa shape index (κ1) is 28.5. The Labute approximate surface area is 241 Å². The minimum absolute atomic E-state index is 0.164. The Morgan fingerprint density at radius 2 is 1.66 bits per heavy atom. The van der Waals surface area contributed by atoms with Crippen molar-refractivity contribution in [1.29, 1.82) is 0 Å². The molecule has 0 bridgehead atoms. The van der Waals surface area contributed by atoms with Crippen LogP contribution >= 0.6 is 0 Å². The lowest BCUT2D eigenvalue weighted by Crippen LogP contribution is -2.43. The molecule has 0 amide bonds. The molecule has 3 aromatic rings. The van der Waals surface area contributed by atoms with Gasteiger partial charge < -0.3 is 23.7 Å². The third-order valence-electron chi connectivity index (χ3n) is 7.84. The summed E-state index contributed by atoms with van der Waals surface area (Å²) in [6.07, 6.45) is 1.36. The molecule has 0 aromatic heterocycles. The summed E-state index contributed by atoms with van der Waals surface area (Å²) in [4.78, 5) is 29.6. The van der Waals surface area contributed by atoms with Crippen LogP contribution in [0.1, 0.15) is 55.3 Å². The van der Waals surface area contributed by atoms with Gasteiger partial charge in [-0.15, -0.1) is 0 Å². The highest BCUT2D eigenvalue weighted by Crippen LogP contribution is 2.49. The van der Waals surface area contributed by atoms with E-state index in [2.05, 4.69) is 4.90 Å². The first-order chi connectivity index (χ1) is 20.0. The summed E-state index contributed by atoms with van der Waals surface area (Å²) in [5.74, 6) is 0.621. The van der Waals surface area contributed by atoms with Crippen LogP contribution < -0.4 is 14.2 Å². The monoisotopic (exact) mass is 559 g/mol. The number of ether oxygens (including phenoxy) is 5. The predicted octanol–water partition coefficient (Wildman–Crippen LogP) is 5.66. The number of nitrogens with zero attached hydrogens (tertiary/aromatic N) is 1. The van der Waals surface area contributed by atoms with E-state index in [9.17, 15) is 9.59 Å². The van der Waals surface area contributed by atoms with Crippen LogP contribution in [0.4, 0.5) is 0 Å². The molecule has 1 saturated heterocycles. The van der Waals surface area contributed by atoms with Crippen molar-refractivity contribution in [2.45, 2.75) is 51.3 Å². The van der Waals surface area contributed by atoms with Gasteiger partial charge in [-0.25, -0.2) is 0 Å². The fourth-order valence-corrected chi connectivity index (χ4v) is 5.91. The Morgan fingerprint density at radius 3 is 2.37 bits per heavy atom. The third-order valence-corrected chi connectivity index (χ3v) is 7.84. The number of hydrogen-bond acceptors (Lipinski definition) is 8. The summed E-state index contributed by atoms with van der Waals surface area (Å²) in [5, 5.41) is 0. The molecule has 41 heavy (non-hydrogen) atoms. The summed E-state index contributed by atoms with van der Waals surface area (Å²) < 4.78 is 28.1. The van der Waals surface area contributed by atoms with Crippen LogP contribution in [0, 0.1) is 5.92 Å². The van der Waals surface area contributed by atoms with E-state index < -0.39 is 18.0 Å². The number of rotatable bonds is 11. The summed E-state index contributed by atoms with van der Waals surface area (Å²) in [6.45, 7) is 4.93. The molecular weight excluding hydrogens is 522 g/mol. The molecule has 4 atom stereocenters. The van der Waals surface area contributed by atoms with E-state index in [-0.39, 0.29) is 37.9 Å². The van der Waals surface area contributed by atoms with Gasteiger partial charge in [-0.05, 0) is 54.3 Å². The first-order valence-corrected chi connectivity index (χ1v) is 14.2. The normalized spacial score (nSPS) is 20.4. The number of esters is 2. The minimum atomic E-state index is -0.565. The summed E-state index contributed by atoms with van der Waals surface area (Å²) in [7, 11) is 1.62. The van der Waals surface area contributed by atoms with Crippen molar-refractivity contribution in [2.24, 2.45) is 5.92 Å². The van der Waals surface area contributed by atoms with E-state index in [0.29, 0.717) is 30.2 Å². The average Bonchev–Trinajstić information content (AvgIpc) is 3.64. The zero-order valence-corrected chi connectivity index (χ0v) is 23.8. The quantitative estimate of drug-likeness (QED) is 0.279. The van der Waals surface area contributed by atoms with Gasteiger partial charge in [0.15, 0.2) is 11.5 Å². The molecule has 5 rings (SSSR count). The fourth-order valence-electron chi connectivity index (χ4n) is 5.91. The summed E-state index contributed by atoms with van der Waals surface area (Å²) in [5.41, 5.74) is 2.76. The SMILES string of the molecule is CCCC(C(=O)OCc1ccccc1)N1C[C@H](c2ccc3c(c2)OCO3)[C@H](C(=O)OCC)[C@H]1c1ccc(OC)cc1. The zero-order valence-electron chi connectivity index (χ0n) is 23.8. The van der Waals surface area contributed by atoms with Crippen LogP contribution in [0.15, 0.2) is 72.8 Å². The lowest BCUT2D eigenvalue weighted by molar-refractivity contribution is -0.155. The molecule has 2 aliphatic rings. The van der Waals surface area contributed by atoms with Crippen molar-refractivity contribution >= 4 is 11.9 Å². The molecule has 8 heteroatoms. The molecule has 1 unspecified atom stereocenters. The molecule has 0 aliphatic carbocycles. The molecule has 2 aliphatic heterocycles. The van der Waals surface area contributed by atoms with Gasteiger partial charge in [0.1, 0.15) is 18.4 Å². The van der Waals surface area contributed by atoms with Crippen molar-refractivity contribution in [3.63, 3.8) is 0 Å². The van der Waals surface area contributed by atoms with E-state index >= 15 is 0 Å². The molecule has 0 spiro atoms. The van der Waals surface area contributed by atoms with Gasteiger partial charge in [-0.2, -0.15) is 0 Å². The van der Waals surface area contributed by atoms with Gasteiger partial charge in [-0.3, -0.25) is 14.5 Å². The Morgan fingerprint density at radius 1 is 0.927 bits per heavy atom. The number of hydrogen-bond donors (Lipinski definition) is 0. The number of methoxy groups -OCH3 is 1. The fraction of sp³-hybridized carbons (Fsp3) is 0.394. The second kappa shape index (κ2) is 13.1. The van der Waals surface area contributed by atoms with Gasteiger partial charge in [0, 0.05) is 18.5 Å². The van der Waals surface area contributed by atoms with Crippen LogP contribution in [0.2, 0.25) is 0 Å². The molecule has 216 valence electrons. The van der Waals surface area contributed by atoms with E-state index in [4.69, 9.17) is 23.7 Å². The first-order valence-electron chi connectivity index (χ1n) is 14.2. The van der Waals surface area contributed by atoms with Crippen LogP contribution in [-0.2, 0) is 25.7 Å². The van der Waals surface area contributed by atoms with E-state index in [0.717, 1.165) is 23.1 Å². The van der Waals surface area contributed by atoms with Gasteiger partial charge in [0.2, 0.25) is 6.79 Å². The molecule has 3 aromatic carbocycles. The van der Waals surface area contributed by atoms with E-state index in [1.807, 2.05) is 86.6 Å². The van der Waals surface area contributed by atoms with Gasteiger partial charge in [-0.1, -0.05) is 61.9 Å². The number of benzene rings is 3. The topological polar surface area (TPSA) is 83.5 Å². The number of carbonyl (C=O) groups is 2. The van der Waals surface area contributed by atoms with Gasteiger partial charge >= 0.3 is 11.9 Å². The molecule has 2 heterocycles. The molecular formula is C33H37NO7. The second-order valence-corrected chi connectivity index (χ2v) is 10.3. The summed E-state index contributed by atoms with van der Waals surface area (Å²) >= 11 is 0. The van der Waals surface area contributed by atoms with Crippen molar-refractivity contribution in [2.75, 3.05) is 27.1 Å². The number of likely N-dealkylation sites (tertiary alicyclic amines) is 1. The maximum Gasteiger partial charge on any atom is 0.323 e. The van der Waals surface area contributed by atoms with E-state index in [1.165, 1.54) is 0 Å². The minimum Gasteiger partial charge on any atom is -0.497 e. The van der Waals surface area contributed by atoms with Crippen molar-refractivity contribution in [3.05, 3.63) is 89.5 Å². The number of carbonyl (C=O) groups excluding carboxylic acids is 2. The Bertz CT molecular complexity index is 1330. The van der Waals surface area contributed by atoms with Gasteiger partial charge in [0.05, 0.1) is 19.6 Å². The van der Waals surface area contributed by atoms with Crippen molar-refractivity contribution < 1.29 is 33.3 Å². The smallest absolute Gasteiger partial charge is 0.323 e. The maximum absolute atomic E-state index is 13.7. The highest BCUT2D eigenvalue weighted by atomic mass is 16.7. The van der Waals surface area contributed by atoms with Crippen LogP contribution in [0.3, 0.4) is 0 Å². The van der Waals surface area contributed by atoms with Crippen molar-refractivity contribution in [3.8, 4) is 17.2 Å². The molecule has 0 saturated carbocycles. The van der Waals surface area contributed by atoms with Crippen LogP contribution in [0.25, 0.3) is 0 Å². The molecule has 0 radical (unpaired) electrons. The molecule has 1 fully saturated rings. The highest BCUT2D eigenvalue weighted by molar-refractivity contribution is 5.78. The van der Waals surface area contributed by atoms with Crippen molar-refractivity contribution in [1.82, 2.24) is 4.90 Å². The van der Waals surface area contributed by atoms with Crippen LogP contribution in [0.5, 0.6) is 17.2 Å². The lowest BCUT2D eigenvalue weighted by atomic mass is 9.82. The standard InChI is InChI=1S/C33H37NO7/c1-4-9-27(32(35)39-20-22-10-7-6-8-11-22)34-19-26(24-14-17-28-29(18-24)41-21-40-28)30(33(36)38-5-2)31(34)23-12-15-25(37-3)16-13-23/h6-8,10-18,26-27,30-31H,4-5,9,19-21H2,1-3H3/t26-,27?,30+,31-/m1/s1. The largest absolute Gasteiger partial charge is 0.497 e. The van der Waals surface area contributed by atoms with Gasteiger partial charge in [0.25, 0.3) is 0 Å². The summed E-state index contributed by atoms with van der Waals surface area (Å²) in [6, 6.07) is 22.2. The third kappa shape index (κ3) is 6.17. The zero-order chi connectivity index (χ0) is 28.8. The maximum atomic E-state index is 13.7. The Hall–Kier alpha value is -4.04. The Kier molecular flexibility index (Phi) is 9.09. The predicted molar refractivity (Wildman–Crippen MR) is 153 cm³/mol. The van der Waals surface area contributed by atoms with E-state index in [1.54, 1.807) is 7.11 Å². The average molecular weight is 560 g/mol. The lowest BCUT2D eigenvalue weighted by Gasteiger charge is -2.33. The molecule has 0 N–H and O–H groups in total. The second-order valence-electron chi connectivity index (χ2n) is 10.3. The van der Waals surface area contributed by atoms with Crippen LogP contribution in [-0.4, -0.2) is 49.9 Å².